The summed E-state index contributed by atoms with van der Waals surface area (Å²) in [5.41, 5.74) is 0.991. The first-order chi connectivity index (χ1) is 8.17. The number of nitrogens with zero attached hydrogens (tertiary/aromatic N) is 3. The van der Waals surface area contributed by atoms with Gasteiger partial charge in [0.2, 0.25) is 0 Å². The lowest BCUT2D eigenvalue weighted by Gasteiger charge is -2.27. The van der Waals surface area contributed by atoms with Crippen LogP contribution in [0.15, 0.2) is 12.1 Å². The maximum Gasteiger partial charge on any atom is 0.151 e. The van der Waals surface area contributed by atoms with Crippen LogP contribution in [0.5, 0.6) is 0 Å². The summed E-state index contributed by atoms with van der Waals surface area (Å²) in [6.45, 7) is 8.68. The molecule has 4 heteroatoms. The van der Waals surface area contributed by atoms with Crippen molar-refractivity contribution in [3.05, 3.63) is 23.0 Å². The maximum absolute atomic E-state index is 5.73. The fraction of sp³-hybridized carbons (Fsp3) is 0.692. The molecule has 0 aliphatic heterocycles. The van der Waals surface area contributed by atoms with E-state index in [2.05, 4.69) is 35.9 Å². The first kappa shape index (κ1) is 14.4. The van der Waals surface area contributed by atoms with Crippen molar-refractivity contribution < 1.29 is 0 Å². The number of halogens is 1. The Morgan fingerprint density at radius 2 is 2.06 bits per heavy atom. The minimum absolute atomic E-state index is 0.456. The lowest BCUT2D eigenvalue weighted by Crippen LogP contribution is -2.33. The zero-order chi connectivity index (χ0) is 12.7. The predicted molar refractivity (Wildman–Crippen MR) is 72.1 cm³/mol. The highest BCUT2D eigenvalue weighted by Crippen LogP contribution is 2.11. The topological polar surface area (TPSA) is 29.0 Å². The van der Waals surface area contributed by atoms with E-state index in [0.29, 0.717) is 11.2 Å². The fourth-order valence-corrected chi connectivity index (χ4v) is 1.81. The molecule has 0 N–H and O–H groups in total. The molecule has 0 bridgehead atoms. The molecule has 3 nitrogen and oxygen atoms in total. The minimum Gasteiger partial charge on any atom is -0.295 e. The van der Waals surface area contributed by atoms with Crippen LogP contribution in [0.25, 0.3) is 0 Å². The molecule has 0 aliphatic rings. The number of unbranched alkanes of at least 4 members (excludes halogenated alkanes) is 1. The number of rotatable bonds is 7. The van der Waals surface area contributed by atoms with Gasteiger partial charge in [-0.25, -0.2) is 0 Å². The third-order valence-electron chi connectivity index (χ3n) is 3.07. The average molecular weight is 256 g/mol. The van der Waals surface area contributed by atoms with Gasteiger partial charge in [0.25, 0.3) is 0 Å². The van der Waals surface area contributed by atoms with Crippen molar-refractivity contribution in [2.75, 3.05) is 6.54 Å². The van der Waals surface area contributed by atoms with Gasteiger partial charge >= 0.3 is 0 Å². The highest BCUT2D eigenvalue weighted by atomic mass is 35.5. The zero-order valence-corrected chi connectivity index (χ0v) is 11.7. The van der Waals surface area contributed by atoms with Gasteiger partial charge in [-0.1, -0.05) is 31.9 Å². The van der Waals surface area contributed by atoms with Crippen LogP contribution < -0.4 is 0 Å². The van der Waals surface area contributed by atoms with E-state index in [0.717, 1.165) is 25.2 Å². The summed E-state index contributed by atoms with van der Waals surface area (Å²) in [6, 6.07) is 4.34. The van der Waals surface area contributed by atoms with E-state index in [1.807, 2.05) is 6.07 Å². The van der Waals surface area contributed by atoms with Gasteiger partial charge in [-0.15, -0.1) is 5.10 Å². The average Bonchev–Trinajstić information content (AvgIpc) is 2.36. The highest BCUT2D eigenvalue weighted by Gasteiger charge is 2.12. The van der Waals surface area contributed by atoms with Crippen LogP contribution in [-0.4, -0.2) is 27.7 Å². The van der Waals surface area contributed by atoms with E-state index in [4.69, 9.17) is 11.6 Å². The second-order valence-electron chi connectivity index (χ2n) is 4.43. The summed E-state index contributed by atoms with van der Waals surface area (Å²) >= 11 is 5.73. The molecule has 1 rings (SSSR count). The maximum atomic E-state index is 5.73. The quantitative estimate of drug-likeness (QED) is 0.746. The molecule has 1 aromatic rings. The number of aromatic nitrogens is 2. The summed E-state index contributed by atoms with van der Waals surface area (Å²) < 4.78 is 0. The van der Waals surface area contributed by atoms with Crippen molar-refractivity contribution >= 4 is 11.6 Å². The molecule has 0 spiro atoms. The highest BCUT2D eigenvalue weighted by molar-refractivity contribution is 6.29. The Labute approximate surface area is 109 Å². The molecule has 0 saturated carbocycles. The minimum atomic E-state index is 0.456. The molecule has 1 aromatic heterocycles. The van der Waals surface area contributed by atoms with E-state index in [1.54, 1.807) is 6.07 Å². The lowest BCUT2D eigenvalue weighted by molar-refractivity contribution is 0.189. The Morgan fingerprint density at radius 1 is 1.29 bits per heavy atom. The van der Waals surface area contributed by atoms with Gasteiger partial charge in [0.05, 0.1) is 5.69 Å². The van der Waals surface area contributed by atoms with E-state index in [9.17, 15) is 0 Å². The zero-order valence-electron chi connectivity index (χ0n) is 11.0. The molecule has 17 heavy (non-hydrogen) atoms. The predicted octanol–water partition coefficient (Wildman–Crippen LogP) is 3.53. The standard InChI is InChI=1S/C13H22ClN3/c1-4-6-9-17(11(3)5-2)10-12-7-8-13(14)16-15-12/h7-8,11H,4-6,9-10H2,1-3H3. The van der Waals surface area contributed by atoms with Crippen LogP contribution >= 0.6 is 11.6 Å². The third kappa shape index (κ3) is 5.00. The van der Waals surface area contributed by atoms with Crippen molar-refractivity contribution in [2.24, 2.45) is 0 Å². The monoisotopic (exact) mass is 255 g/mol. The van der Waals surface area contributed by atoms with Crippen molar-refractivity contribution in [1.82, 2.24) is 15.1 Å². The van der Waals surface area contributed by atoms with Gasteiger partial charge in [-0.05, 0) is 38.4 Å². The molecule has 1 unspecified atom stereocenters. The van der Waals surface area contributed by atoms with E-state index >= 15 is 0 Å². The largest absolute Gasteiger partial charge is 0.295 e. The molecule has 1 atom stereocenters. The molecular weight excluding hydrogens is 234 g/mol. The van der Waals surface area contributed by atoms with Crippen molar-refractivity contribution in [3.63, 3.8) is 0 Å². The van der Waals surface area contributed by atoms with Crippen LogP contribution in [0, 0.1) is 0 Å². The van der Waals surface area contributed by atoms with Gasteiger partial charge in [0.15, 0.2) is 5.15 Å². The molecule has 0 radical (unpaired) electrons. The van der Waals surface area contributed by atoms with Crippen LogP contribution in [0.3, 0.4) is 0 Å². The van der Waals surface area contributed by atoms with Gasteiger partial charge in [0.1, 0.15) is 0 Å². The van der Waals surface area contributed by atoms with Crippen LogP contribution in [-0.2, 0) is 6.54 Å². The summed E-state index contributed by atoms with van der Waals surface area (Å²) in [7, 11) is 0. The van der Waals surface area contributed by atoms with Crippen LogP contribution in [0.1, 0.15) is 45.7 Å². The van der Waals surface area contributed by atoms with Gasteiger partial charge < -0.3 is 0 Å². The summed E-state index contributed by atoms with van der Waals surface area (Å²) in [5, 5.41) is 8.46. The van der Waals surface area contributed by atoms with Gasteiger partial charge in [0, 0.05) is 12.6 Å². The first-order valence-corrected chi connectivity index (χ1v) is 6.77. The normalized spacial score (nSPS) is 13.0. The molecule has 0 aliphatic carbocycles. The van der Waals surface area contributed by atoms with Crippen LogP contribution in [0.4, 0.5) is 0 Å². The molecular formula is C13H22ClN3. The van der Waals surface area contributed by atoms with Crippen molar-refractivity contribution in [1.29, 1.82) is 0 Å². The molecule has 0 fully saturated rings. The molecule has 1 heterocycles. The van der Waals surface area contributed by atoms with Crippen molar-refractivity contribution in [3.8, 4) is 0 Å². The summed E-state index contributed by atoms with van der Waals surface area (Å²) in [6.07, 6.45) is 3.61. The molecule has 96 valence electrons. The smallest absolute Gasteiger partial charge is 0.151 e. The first-order valence-electron chi connectivity index (χ1n) is 6.39. The SMILES string of the molecule is CCCCN(Cc1ccc(Cl)nn1)C(C)CC. The second kappa shape index (κ2) is 7.62. The molecule has 0 saturated heterocycles. The molecule has 0 amide bonds. The van der Waals surface area contributed by atoms with Crippen LogP contribution in [0.2, 0.25) is 5.15 Å². The van der Waals surface area contributed by atoms with Crippen molar-refractivity contribution in [2.45, 2.75) is 52.6 Å². The van der Waals surface area contributed by atoms with Gasteiger partial charge in [-0.3, -0.25) is 4.90 Å². The van der Waals surface area contributed by atoms with Gasteiger partial charge in [-0.2, -0.15) is 5.10 Å². The Balaban J connectivity index is 2.61. The number of hydrogen-bond acceptors (Lipinski definition) is 3. The number of hydrogen-bond donors (Lipinski definition) is 0. The Bertz CT molecular complexity index is 313. The lowest BCUT2D eigenvalue weighted by atomic mass is 10.2. The fourth-order valence-electron chi connectivity index (χ4n) is 1.71. The van der Waals surface area contributed by atoms with E-state index in [1.165, 1.54) is 12.8 Å². The van der Waals surface area contributed by atoms with E-state index in [-0.39, 0.29) is 0 Å². The Hall–Kier alpha value is -0.670. The van der Waals surface area contributed by atoms with E-state index < -0.39 is 0 Å². The summed E-state index contributed by atoms with van der Waals surface area (Å²) in [4.78, 5) is 2.46. The third-order valence-corrected chi connectivity index (χ3v) is 3.27. The second-order valence-corrected chi connectivity index (χ2v) is 4.82. The Morgan fingerprint density at radius 3 is 2.59 bits per heavy atom. The Kier molecular flexibility index (Phi) is 6.45. The summed E-state index contributed by atoms with van der Waals surface area (Å²) in [5.74, 6) is 0. The molecule has 0 aromatic carbocycles.